The summed E-state index contributed by atoms with van der Waals surface area (Å²) in [7, 11) is 0. The summed E-state index contributed by atoms with van der Waals surface area (Å²) in [6.45, 7) is 0.375. The summed E-state index contributed by atoms with van der Waals surface area (Å²) in [5.41, 5.74) is 0.851. The first-order chi connectivity index (χ1) is 15.7. The van der Waals surface area contributed by atoms with Crippen molar-refractivity contribution in [3.05, 3.63) is 48.2 Å². The normalized spacial score (nSPS) is 16.8. The van der Waals surface area contributed by atoms with E-state index in [-0.39, 0.29) is 24.8 Å². The van der Waals surface area contributed by atoms with Gasteiger partial charge in [0.15, 0.2) is 5.82 Å². The van der Waals surface area contributed by atoms with Crippen molar-refractivity contribution < 1.29 is 32.3 Å². The highest BCUT2D eigenvalue weighted by Gasteiger charge is 2.33. The zero-order chi connectivity index (χ0) is 23.6. The molecule has 2 N–H and O–H groups in total. The predicted molar refractivity (Wildman–Crippen MR) is 110 cm³/mol. The van der Waals surface area contributed by atoms with Crippen LogP contribution in [-0.4, -0.2) is 53.7 Å². The van der Waals surface area contributed by atoms with Gasteiger partial charge in [0.1, 0.15) is 12.3 Å². The number of hydrogen-bond acceptors (Lipinski definition) is 5. The van der Waals surface area contributed by atoms with Crippen LogP contribution in [-0.2, 0) is 9.59 Å². The van der Waals surface area contributed by atoms with Gasteiger partial charge in [-0.25, -0.2) is 9.78 Å². The largest absolute Gasteiger partial charge is 0.573 e. The third kappa shape index (κ3) is 5.33. The van der Waals surface area contributed by atoms with E-state index in [0.29, 0.717) is 30.6 Å². The molecule has 1 aromatic carbocycles. The average molecular weight is 463 g/mol. The second-order valence-corrected chi connectivity index (χ2v) is 7.57. The highest BCUT2D eigenvalue weighted by molar-refractivity contribution is 6.08. The predicted octanol–water partition coefficient (Wildman–Crippen LogP) is 2.81. The van der Waals surface area contributed by atoms with Crippen LogP contribution in [0.15, 0.2) is 42.6 Å². The molecule has 4 rings (SSSR count). The number of nitrogens with zero attached hydrogens (tertiary/aromatic N) is 3. The molecule has 0 bridgehead atoms. The van der Waals surface area contributed by atoms with Crippen LogP contribution in [0.5, 0.6) is 5.75 Å². The van der Waals surface area contributed by atoms with Crippen LogP contribution < -0.4 is 20.3 Å². The first kappa shape index (κ1) is 22.4. The first-order valence-corrected chi connectivity index (χ1v) is 10.2. The van der Waals surface area contributed by atoms with Gasteiger partial charge in [-0.15, -0.1) is 13.2 Å². The molecule has 2 aliphatic rings. The molecular weight excluding hydrogens is 443 g/mol. The third-order valence-corrected chi connectivity index (χ3v) is 5.25. The van der Waals surface area contributed by atoms with Gasteiger partial charge in [-0.1, -0.05) is 12.1 Å². The van der Waals surface area contributed by atoms with Crippen molar-refractivity contribution in [3.63, 3.8) is 0 Å². The fourth-order valence-electron chi connectivity index (χ4n) is 3.77. The molecule has 0 radical (unpaired) electrons. The third-order valence-electron chi connectivity index (χ3n) is 5.25. The number of fused-ring (bicyclic) bond motifs is 1. The van der Waals surface area contributed by atoms with E-state index < -0.39 is 30.1 Å². The maximum absolute atomic E-state index is 13.1. The van der Waals surface area contributed by atoms with Gasteiger partial charge >= 0.3 is 12.4 Å². The summed E-state index contributed by atoms with van der Waals surface area (Å²) < 4.78 is 41.3. The monoisotopic (exact) mass is 463 g/mol. The molecule has 1 atom stereocenters. The molecule has 0 spiro atoms. The number of aromatic nitrogens is 1. The highest BCUT2D eigenvalue weighted by Crippen LogP contribution is 2.28. The number of likely N-dealkylation sites (tertiary alicyclic amines) is 1. The van der Waals surface area contributed by atoms with Crippen LogP contribution in [0.25, 0.3) is 0 Å². The van der Waals surface area contributed by atoms with E-state index in [4.69, 9.17) is 0 Å². The van der Waals surface area contributed by atoms with E-state index in [1.54, 1.807) is 17.0 Å². The van der Waals surface area contributed by atoms with Crippen LogP contribution in [0.1, 0.15) is 24.4 Å². The Hall–Kier alpha value is -3.83. The Labute approximate surface area is 186 Å². The van der Waals surface area contributed by atoms with Crippen molar-refractivity contribution >= 4 is 29.4 Å². The fraction of sp³-hybridized carbons (Fsp3) is 0.333. The topological polar surface area (TPSA) is 104 Å². The van der Waals surface area contributed by atoms with E-state index in [1.165, 1.54) is 23.2 Å². The SMILES string of the molecule is O=C1CN(C(=O)NC(CN2CCCC2=O)c2ccc(OC(F)(F)F)cc2)c2ncccc2N1. The summed E-state index contributed by atoms with van der Waals surface area (Å²) >= 11 is 0. The molecule has 1 fully saturated rings. The zero-order valence-corrected chi connectivity index (χ0v) is 17.3. The number of pyridine rings is 1. The minimum Gasteiger partial charge on any atom is -0.406 e. The summed E-state index contributed by atoms with van der Waals surface area (Å²) in [5.74, 6) is -0.611. The van der Waals surface area contributed by atoms with E-state index in [9.17, 15) is 27.6 Å². The second-order valence-electron chi connectivity index (χ2n) is 7.57. The molecular formula is C21H20F3N5O4. The molecule has 2 aromatic rings. The van der Waals surface area contributed by atoms with Crippen molar-refractivity contribution in [3.8, 4) is 5.75 Å². The minimum atomic E-state index is -4.83. The lowest BCUT2D eigenvalue weighted by Gasteiger charge is -2.31. The van der Waals surface area contributed by atoms with Crippen molar-refractivity contribution in [2.24, 2.45) is 0 Å². The first-order valence-electron chi connectivity index (χ1n) is 10.2. The number of benzene rings is 1. The number of halogens is 3. The average Bonchev–Trinajstić information content (AvgIpc) is 3.16. The van der Waals surface area contributed by atoms with Gasteiger partial charge in [-0.3, -0.25) is 14.5 Å². The number of anilines is 2. The van der Waals surface area contributed by atoms with Crippen LogP contribution in [0.4, 0.5) is 29.5 Å². The number of nitrogens with one attached hydrogen (secondary N) is 2. The van der Waals surface area contributed by atoms with Gasteiger partial charge in [-0.2, -0.15) is 0 Å². The lowest BCUT2D eigenvalue weighted by Crippen LogP contribution is -2.50. The van der Waals surface area contributed by atoms with Crippen molar-refractivity contribution in [2.45, 2.75) is 25.2 Å². The minimum absolute atomic E-state index is 0.0735. The molecule has 0 aliphatic carbocycles. The Morgan fingerprint density at radius 1 is 1.21 bits per heavy atom. The van der Waals surface area contributed by atoms with E-state index in [0.717, 1.165) is 12.1 Å². The van der Waals surface area contributed by atoms with Crippen LogP contribution >= 0.6 is 0 Å². The molecule has 33 heavy (non-hydrogen) atoms. The number of hydrogen-bond donors (Lipinski definition) is 2. The molecule has 1 saturated heterocycles. The van der Waals surface area contributed by atoms with Gasteiger partial charge in [-0.05, 0) is 36.2 Å². The van der Waals surface area contributed by atoms with Crippen molar-refractivity contribution in [1.29, 1.82) is 0 Å². The van der Waals surface area contributed by atoms with Gasteiger partial charge in [0.25, 0.3) is 0 Å². The number of amides is 4. The van der Waals surface area contributed by atoms with Gasteiger partial charge < -0.3 is 20.3 Å². The van der Waals surface area contributed by atoms with Crippen LogP contribution in [0.2, 0.25) is 0 Å². The number of rotatable bonds is 5. The molecule has 1 aromatic heterocycles. The molecule has 4 amide bonds. The molecule has 3 heterocycles. The molecule has 174 valence electrons. The van der Waals surface area contributed by atoms with E-state index in [2.05, 4.69) is 20.4 Å². The zero-order valence-electron chi connectivity index (χ0n) is 17.3. The quantitative estimate of drug-likeness (QED) is 0.710. The summed E-state index contributed by atoms with van der Waals surface area (Å²) in [6, 6.07) is 6.92. The number of carbonyl (C=O) groups is 3. The Balaban J connectivity index is 1.57. The summed E-state index contributed by atoms with van der Waals surface area (Å²) in [5, 5.41) is 5.43. The van der Waals surface area contributed by atoms with Gasteiger partial charge in [0.2, 0.25) is 11.8 Å². The Kier molecular flexibility index (Phi) is 6.07. The highest BCUT2D eigenvalue weighted by atomic mass is 19.4. The van der Waals surface area contributed by atoms with Gasteiger partial charge in [0.05, 0.1) is 11.7 Å². The van der Waals surface area contributed by atoms with Crippen LogP contribution in [0, 0.1) is 0 Å². The van der Waals surface area contributed by atoms with E-state index in [1.807, 2.05) is 0 Å². The molecule has 2 aliphatic heterocycles. The summed E-state index contributed by atoms with van der Waals surface area (Å²) in [6.07, 6.45) is -2.27. The lowest BCUT2D eigenvalue weighted by atomic mass is 10.1. The second kappa shape index (κ2) is 8.96. The Bertz CT molecular complexity index is 1060. The molecule has 12 heteroatoms. The van der Waals surface area contributed by atoms with Crippen molar-refractivity contribution in [2.75, 3.05) is 29.9 Å². The lowest BCUT2D eigenvalue weighted by molar-refractivity contribution is -0.274. The number of carbonyl (C=O) groups excluding carboxylic acids is 3. The molecule has 0 saturated carbocycles. The van der Waals surface area contributed by atoms with Gasteiger partial charge in [0, 0.05) is 25.7 Å². The summed E-state index contributed by atoms with van der Waals surface area (Å²) in [4.78, 5) is 44.2. The number of ether oxygens (including phenoxy) is 1. The standard InChI is InChI=1S/C21H20F3N5O4/c22-21(23,24)33-14-7-5-13(6-8-14)16(11-28-10-2-4-18(28)31)27-20(32)29-12-17(30)26-15-3-1-9-25-19(15)29/h1,3,5-9,16H,2,4,10-12H2,(H,26,30)(H,27,32). The molecule has 1 unspecified atom stereocenters. The maximum Gasteiger partial charge on any atom is 0.573 e. The van der Waals surface area contributed by atoms with E-state index >= 15 is 0 Å². The van der Waals surface area contributed by atoms with Crippen LogP contribution in [0.3, 0.4) is 0 Å². The number of urea groups is 1. The fourth-order valence-corrected chi connectivity index (χ4v) is 3.77. The Morgan fingerprint density at radius 3 is 2.64 bits per heavy atom. The smallest absolute Gasteiger partial charge is 0.406 e. The van der Waals surface area contributed by atoms with Crippen molar-refractivity contribution in [1.82, 2.24) is 15.2 Å². The molecule has 9 nitrogen and oxygen atoms in total. The maximum atomic E-state index is 13.1. The number of alkyl halides is 3. The Morgan fingerprint density at radius 2 is 1.97 bits per heavy atom.